The topological polar surface area (TPSA) is 57.6 Å². The van der Waals surface area contributed by atoms with Gasteiger partial charge in [-0.2, -0.15) is 8.42 Å². The van der Waals surface area contributed by atoms with E-state index in [1.54, 1.807) is 12.1 Å². The van der Waals surface area contributed by atoms with Gasteiger partial charge in [0.25, 0.3) is 10.1 Å². The number of nitrogens with zero attached hydrogens (tertiary/aromatic N) is 1. The Balaban J connectivity index is 2.27. The molecule has 4 nitrogen and oxygen atoms in total. The predicted molar refractivity (Wildman–Crippen MR) is 84.4 cm³/mol. The van der Waals surface area contributed by atoms with Gasteiger partial charge in [0.05, 0.1) is 4.90 Å². The van der Waals surface area contributed by atoms with Gasteiger partial charge in [-0.05, 0) is 42.8 Å². The van der Waals surface area contributed by atoms with Crippen molar-refractivity contribution in [2.75, 3.05) is 11.4 Å². The molecular formula is C15H16ClNO3S. The third-order valence-electron chi connectivity index (χ3n) is 3.12. The average molecular weight is 326 g/mol. The lowest BCUT2D eigenvalue weighted by Crippen LogP contribution is -2.22. The average Bonchev–Trinajstić information content (AvgIpc) is 2.44. The van der Waals surface area contributed by atoms with Crippen molar-refractivity contribution < 1.29 is 13.0 Å². The largest absolute Gasteiger partial charge is 0.367 e. The van der Waals surface area contributed by atoms with E-state index in [2.05, 4.69) is 4.90 Å². The van der Waals surface area contributed by atoms with E-state index in [1.165, 1.54) is 12.1 Å². The molecule has 0 aliphatic rings. The highest BCUT2D eigenvalue weighted by molar-refractivity contribution is 7.85. The molecule has 0 spiro atoms. The van der Waals surface area contributed by atoms with E-state index in [9.17, 15) is 8.42 Å². The van der Waals surface area contributed by atoms with E-state index in [4.69, 9.17) is 16.2 Å². The number of hydrogen-bond acceptors (Lipinski definition) is 3. The van der Waals surface area contributed by atoms with E-state index < -0.39 is 10.1 Å². The zero-order chi connectivity index (χ0) is 15.5. The Morgan fingerprint density at radius 3 is 2.48 bits per heavy atom. The Morgan fingerprint density at radius 2 is 1.86 bits per heavy atom. The SMILES string of the molecule is CCN(Cc1cccc(S(=O)(=O)O)c1)c1cccc(Cl)c1. The summed E-state index contributed by atoms with van der Waals surface area (Å²) < 4.78 is 31.5. The van der Waals surface area contributed by atoms with Gasteiger partial charge < -0.3 is 4.90 Å². The van der Waals surface area contributed by atoms with Gasteiger partial charge in [0.15, 0.2) is 0 Å². The fourth-order valence-electron chi connectivity index (χ4n) is 2.08. The standard InChI is InChI=1S/C15H16ClNO3S/c1-2-17(14-7-4-6-13(16)10-14)11-12-5-3-8-15(9-12)21(18,19)20/h3-10H,2,11H2,1H3,(H,18,19,20). The summed E-state index contributed by atoms with van der Waals surface area (Å²) in [6.45, 7) is 3.28. The molecule has 6 heteroatoms. The van der Waals surface area contributed by atoms with Gasteiger partial charge in [-0.25, -0.2) is 0 Å². The maximum Gasteiger partial charge on any atom is 0.294 e. The van der Waals surface area contributed by atoms with Crippen LogP contribution in [-0.2, 0) is 16.7 Å². The van der Waals surface area contributed by atoms with Gasteiger partial charge >= 0.3 is 0 Å². The molecule has 0 atom stereocenters. The molecule has 21 heavy (non-hydrogen) atoms. The lowest BCUT2D eigenvalue weighted by atomic mass is 10.2. The van der Waals surface area contributed by atoms with Crippen LogP contribution in [-0.4, -0.2) is 19.5 Å². The van der Waals surface area contributed by atoms with Crippen LogP contribution in [0, 0.1) is 0 Å². The van der Waals surface area contributed by atoms with Crippen molar-refractivity contribution in [2.24, 2.45) is 0 Å². The number of anilines is 1. The monoisotopic (exact) mass is 325 g/mol. The maximum absolute atomic E-state index is 11.2. The second kappa shape index (κ2) is 6.47. The molecule has 2 aromatic rings. The zero-order valence-electron chi connectivity index (χ0n) is 11.5. The van der Waals surface area contributed by atoms with Crippen molar-refractivity contribution in [3.63, 3.8) is 0 Å². The summed E-state index contributed by atoms with van der Waals surface area (Å²) in [5.41, 5.74) is 1.76. The Kier molecular flexibility index (Phi) is 4.88. The molecule has 2 aromatic carbocycles. The van der Waals surface area contributed by atoms with Crippen molar-refractivity contribution >= 4 is 27.4 Å². The van der Waals surface area contributed by atoms with Crippen LogP contribution in [0.2, 0.25) is 5.02 Å². The number of halogens is 1. The number of benzene rings is 2. The lowest BCUT2D eigenvalue weighted by Gasteiger charge is -2.23. The van der Waals surface area contributed by atoms with Gasteiger partial charge in [-0.3, -0.25) is 4.55 Å². The Bertz CT molecular complexity index is 731. The van der Waals surface area contributed by atoms with Crippen LogP contribution >= 0.6 is 11.6 Å². The first-order valence-electron chi connectivity index (χ1n) is 6.47. The van der Waals surface area contributed by atoms with Crippen LogP contribution in [0.1, 0.15) is 12.5 Å². The van der Waals surface area contributed by atoms with Crippen molar-refractivity contribution in [3.8, 4) is 0 Å². The fraction of sp³-hybridized carbons (Fsp3) is 0.200. The summed E-state index contributed by atoms with van der Waals surface area (Å²) in [6, 6.07) is 13.8. The van der Waals surface area contributed by atoms with Crippen LogP contribution < -0.4 is 4.90 Å². The minimum atomic E-state index is -4.18. The molecule has 0 bridgehead atoms. The minimum Gasteiger partial charge on any atom is -0.367 e. The molecule has 0 fully saturated rings. The lowest BCUT2D eigenvalue weighted by molar-refractivity contribution is 0.483. The van der Waals surface area contributed by atoms with Crippen molar-refractivity contribution in [2.45, 2.75) is 18.4 Å². The van der Waals surface area contributed by atoms with Gasteiger partial charge in [-0.1, -0.05) is 29.8 Å². The summed E-state index contributed by atoms with van der Waals surface area (Å²) in [4.78, 5) is 1.97. The first-order valence-corrected chi connectivity index (χ1v) is 8.29. The van der Waals surface area contributed by atoms with Crippen LogP contribution in [0.15, 0.2) is 53.4 Å². The van der Waals surface area contributed by atoms with Crippen LogP contribution in [0.5, 0.6) is 0 Å². The summed E-state index contributed by atoms with van der Waals surface area (Å²) in [5, 5.41) is 0.651. The molecule has 1 N–H and O–H groups in total. The molecule has 0 saturated carbocycles. The normalized spacial score (nSPS) is 11.4. The van der Waals surface area contributed by atoms with Gasteiger partial charge in [0.1, 0.15) is 0 Å². The molecular weight excluding hydrogens is 310 g/mol. The fourth-order valence-corrected chi connectivity index (χ4v) is 2.82. The molecule has 0 saturated heterocycles. The predicted octanol–water partition coefficient (Wildman–Crippen LogP) is 3.61. The summed E-state index contributed by atoms with van der Waals surface area (Å²) in [5.74, 6) is 0. The van der Waals surface area contributed by atoms with Gasteiger partial charge in [0.2, 0.25) is 0 Å². The molecule has 2 rings (SSSR count). The second-order valence-corrected chi connectivity index (χ2v) is 6.47. The number of rotatable bonds is 5. The maximum atomic E-state index is 11.2. The van der Waals surface area contributed by atoms with Gasteiger partial charge in [-0.15, -0.1) is 0 Å². The molecule has 0 unspecified atom stereocenters. The minimum absolute atomic E-state index is 0.0952. The molecule has 0 aliphatic carbocycles. The number of hydrogen-bond donors (Lipinski definition) is 1. The third kappa shape index (κ3) is 4.20. The highest BCUT2D eigenvalue weighted by Gasteiger charge is 2.11. The Hall–Kier alpha value is -1.56. The summed E-state index contributed by atoms with van der Waals surface area (Å²) in [7, 11) is -4.18. The van der Waals surface area contributed by atoms with Crippen molar-refractivity contribution in [1.29, 1.82) is 0 Å². The Morgan fingerprint density at radius 1 is 1.14 bits per heavy atom. The van der Waals surface area contributed by atoms with Crippen LogP contribution in [0.25, 0.3) is 0 Å². The first-order chi connectivity index (χ1) is 9.90. The highest BCUT2D eigenvalue weighted by Crippen LogP contribution is 2.22. The summed E-state index contributed by atoms with van der Waals surface area (Å²) >= 11 is 5.99. The summed E-state index contributed by atoms with van der Waals surface area (Å²) in [6.07, 6.45) is 0. The zero-order valence-corrected chi connectivity index (χ0v) is 13.1. The van der Waals surface area contributed by atoms with Crippen molar-refractivity contribution in [1.82, 2.24) is 0 Å². The molecule has 0 radical (unpaired) electrons. The molecule has 0 aliphatic heterocycles. The second-order valence-electron chi connectivity index (χ2n) is 4.62. The quantitative estimate of drug-likeness (QED) is 0.853. The van der Waals surface area contributed by atoms with E-state index in [1.807, 2.05) is 31.2 Å². The van der Waals surface area contributed by atoms with Crippen LogP contribution in [0.3, 0.4) is 0 Å². The van der Waals surface area contributed by atoms with Crippen molar-refractivity contribution in [3.05, 3.63) is 59.1 Å². The highest BCUT2D eigenvalue weighted by atomic mass is 35.5. The molecule has 0 heterocycles. The first kappa shape index (κ1) is 15.8. The smallest absolute Gasteiger partial charge is 0.294 e. The van der Waals surface area contributed by atoms with E-state index in [0.717, 1.165) is 17.8 Å². The van der Waals surface area contributed by atoms with Crippen LogP contribution in [0.4, 0.5) is 5.69 Å². The van der Waals surface area contributed by atoms with E-state index in [-0.39, 0.29) is 4.90 Å². The van der Waals surface area contributed by atoms with E-state index in [0.29, 0.717) is 11.6 Å². The molecule has 0 amide bonds. The third-order valence-corrected chi connectivity index (χ3v) is 4.21. The van der Waals surface area contributed by atoms with E-state index >= 15 is 0 Å². The Labute approximate surface area is 129 Å². The van der Waals surface area contributed by atoms with Gasteiger partial charge in [0, 0.05) is 23.8 Å². The molecule has 0 aromatic heterocycles. The molecule has 112 valence electrons.